The lowest BCUT2D eigenvalue weighted by Gasteiger charge is -2.34. The van der Waals surface area contributed by atoms with Gasteiger partial charge in [-0.1, -0.05) is 27.2 Å². The highest BCUT2D eigenvalue weighted by atomic mass is 32.1. The molecule has 0 bridgehead atoms. The molecule has 0 aliphatic heterocycles. The van der Waals surface area contributed by atoms with Gasteiger partial charge in [0.15, 0.2) is 0 Å². The van der Waals surface area contributed by atoms with Crippen molar-refractivity contribution in [2.45, 2.75) is 52.6 Å². The van der Waals surface area contributed by atoms with Crippen molar-refractivity contribution in [3.63, 3.8) is 0 Å². The van der Waals surface area contributed by atoms with Gasteiger partial charge in [0, 0.05) is 4.88 Å². The van der Waals surface area contributed by atoms with Crippen molar-refractivity contribution in [3.8, 4) is 0 Å². The van der Waals surface area contributed by atoms with E-state index in [1.54, 1.807) is 11.3 Å². The van der Waals surface area contributed by atoms with Gasteiger partial charge in [0.2, 0.25) is 0 Å². The first-order valence-corrected chi connectivity index (χ1v) is 7.75. The van der Waals surface area contributed by atoms with E-state index in [-0.39, 0.29) is 6.10 Å². The molecule has 1 aliphatic carbocycles. The lowest BCUT2D eigenvalue weighted by molar-refractivity contribution is 0.0580. The maximum atomic E-state index is 10.6. The Balaban J connectivity index is 2.07. The summed E-state index contributed by atoms with van der Waals surface area (Å²) in [7, 11) is 0. The Morgan fingerprint density at radius 3 is 2.76 bits per heavy atom. The molecule has 1 aromatic rings. The van der Waals surface area contributed by atoms with Crippen molar-refractivity contribution < 1.29 is 5.11 Å². The summed E-state index contributed by atoms with van der Waals surface area (Å²) < 4.78 is 0. The summed E-state index contributed by atoms with van der Waals surface area (Å²) in [6, 6.07) is 2.16. The van der Waals surface area contributed by atoms with E-state index in [2.05, 4.69) is 32.2 Å². The Morgan fingerprint density at radius 1 is 1.35 bits per heavy atom. The van der Waals surface area contributed by atoms with Crippen LogP contribution in [0.4, 0.5) is 0 Å². The maximum absolute atomic E-state index is 10.6. The second kappa shape index (κ2) is 5.53. The minimum atomic E-state index is -0.222. The zero-order chi connectivity index (χ0) is 12.4. The molecule has 2 rings (SSSR count). The highest BCUT2D eigenvalue weighted by Crippen LogP contribution is 2.41. The van der Waals surface area contributed by atoms with Gasteiger partial charge in [-0.3, -0.25) is 0 Å². The van der Waals surface area contributed by atoms with Crippen LogP contribution in [0.3, 0.4) is 0 Å². The number of hydrogen-bond acceptors (Lipinski definition) is 2. The summed E-state index contributed by atoms with van der Waals surface area (Å²) in [5.41, 5.74) is 1.34. The first kappa shape index (κ1) is 13.1. The Morgan fingerprint density at radius 2 is 2.12 bits per heavy atom. The fraction of sp³-hybridized carbons (Fsp3) is 0.733. The molecule has 1 N–H and O–H groups in total. The third-order valence-electron chi connectivity index (χ3n) is 4.52. The fourth-order valence-electron chi connectivity index (χ4n) is 2.99. The number of hydrogen-bond donors (Lipinski definition) is 1. The molecule has 0 spiro atoms. The standard InChI is InChI=1S/C15H24OS/c1-4-12-7-8-17-15(12)14(16)13-6-5-10(2)11(3)9-13/h7-8,10-11,13-14,16H,4-6,9H2,1-3H3. The average Bonchev–Trinajstić information content (AvgIpc) is 2.80. The summed E-state index contributed by atoms with van der Waals surface area (Å²) in [5.74, 6) is 2.06. The molecule has 1 fully saturated rings. The zero-order valence-corrected chi connectivity index (χ0v) is 12.0. The van der Waals surface area contributed by atoms with Crippen LogP contribution in [0.25, 0.3) is 0 Å². The molecular weight excluding hydrogens is 228 g/mol. The fourth-order valence-corrected chi connectivity index (χ4v) is 4.06. The van der Waals surface area contributed by atoms with E-state index in [0.717, 1.165) is 18.3 Å². The van der Waals surface area contributed by atoms with Crippen LogP contribution < -0.4 is 0 Å². The molecule has 0 aromatic carbocycles. The molecule has 0 radical (unpaired) electrons. The lowest BCUT2D eigenvalue weighted by atomic mass is 9.73. The molecule has 4 atom stereocenters. The van der Waals surface area contributed by atoms with Crippen molar-refractivity contribution >= 4 is 11.3 Å². The quantitative estimate of drug-likeness (QED) is 0.844. The largest absolute Gasteiger partial charge is 0.387 e. The van der Waals surface area contributed by atoms with E-state index in [9.17, 15) is 5.11 Å². The number of aliphatic hydroxyl groups is 1. The minimum absolute atomic E-state index is 0.222. The van der Waals surface area contributed by atoms with Gasteiger partial charge in [0.1, 0.15) is 0 Å². The molecule has 1 saturated carbocycles. The molecule has 17 heavy (non-hydrogen) atoms. The summed E-state index contributed by atoms with van der Waals surface area (Å²) in [5, 5.41) is 12.7. The molecule has 1 aromatic heterocycles. The van der Waals surface area contributed by atoms with Crippen molar-refractivity contribution in [2.24, 2.45) is 17.8 Å². The van der Waals surface area contributed by atoms with E-state index in [0.29, 0.717) is 5.92 Å². The van der Waals surface area contributed by atoms with Crippen LogP contribution in [-0.4, -0.2) is 5.11 Å². The van der Waals surface area contributed by atoms with Gasteiger partial charge in [-0.05, 0) is 54.0 Å². The predicted octanol–water partition coefficient (Wildman–Crippen LogP) is 4.42. The van der Waals surface area contributed by atoms with Crippen molar-refractivity contribution in [1.29, 1.82) is 0 Å². The lowest BCUT2D eigenvalue weighted by Crippen LogP contribution is -2.25. The van der Waals surface area contributed by atoms with Gasteiger partial charge in [0.05, 0.1) is 6.10 Å². The third-order valence-corrected chi connectivity index (χ3v) is 5.55. The molecule has 4 unspecified atom stereocenters. The van der Waals surface area contributed by atoms with E-state index >= 15 is 0 Å². The molecule has 0 saturated heterocycles. The van der Waals surface area contributed by atoms with Crippen LogP contribution in [0.5, 0.6) is 0 Å². The van der Waals surface area contributed by atoms with Gasteiger partial charge in [0.25, 0.3) is 0 Å². The summed E-state index contributed by atoms with van der Waals surface area (Å²) >= 11 is 1.73. The second-order valence-corrected chi connectivity index (χ2v) is 6.58. The molecule has 1 aliphatic rings. The Labute approximate surface area is 109 Å². The molecule has 2 heteroatoms. The third kappa shape index (κ3) is 2.74. The van der Waals surface area contributed by atoms with Gasteiger partial charge in [-0.15, -0.1) is 11.3 Å². The van der Waals surface area contributed by atoms with E-state index < -0.39 is 0 Å². The topological polar surface area (TPSA) is 20.2 Å². The van der Waals surface area contributed by atoms with E-state index in [1.807, 2.05) is 0 Å². The molecule has 96 valence electrons. The summed E-state index contributed by atoms with van der Waals surface area (Å²) in [6.45, 7) is 6.85. The maximum Gasteiger partial charge on any atom is 0.0912 e. The van der Waals surface area contributed by atoms with Gasteiger partial charge >= 0.3 is 0 Å². The second-order valence-electron chi connectivity index (χ2n) is 5.64. The zero-order valence-electron chi connectivity index (χ0n) is 11.1. The predicted molar refractivity (Wildman–Crippen MR) is 74.3 cm³/mol. The van der Waals surface area contributed by atoms with Crippen LogP contribution >= 0.6 is 11.3 Å². The highest BCUT2D eigenvalue weighted by molar-refractivity contribution is 7.10. The highest BCUT2D eigenvalue weighted by Gasteiger charge is 2.31. The number of thiophene rings is 1. The summed E-state index contributed by atoms with van der Waals surface area (Å²) in [6.07, 6.45) is 4.46. The summed E-state index contributed by atoms with van der Waals surface area (Å²) in [4.78, 5) is 1.22. The van der Waals surface area contributed by atoms with Crippen LogP contribution in [0.15, 0.2) is 11.4 Å². The minimum Gasteiger partial charge on any atom is -0.387 e. The van der Waals surface area contributed by atoms with Gasteiger partial charge in [-0.25, -0.2) is 0 Å². The Hall–Kier alpha value is -0.340. The average molecular weight is 252 g/mol. The van der Waals surface area contributed by atoms with Crippen molar-refractivity contribution in [2.75, 3.05) is 0 Å². The normalized spacial score (nSPS) is 31.4. The van der Waals surface area contributed by atoms with Crippen LogP contribution in [-0.2, 0) is 6.42 Å². The van der Waals surface area contributed by atoms with Crippen LogP contribution in [0.2, 0.25) is 0 Å². The smallest absolute Gasteiger partial charge is 0.0912 e. The van der Waals surface area contributed by atoms with Crippen molar-refractivity contribution in [1.82, 2.24) is 0 Å². The first-order chi connectivity index (χ1) is 8.13. The number of rotatable bonds is 3. The van der Waals surface area contributed by atoms with Crippen molar-refractivity contribution in [3.05, 3.63) is 21.9 Å². The molecule has 1 heterocycles. The van der Waals surface area contributed by atoms with E-state index in [1.165, 1.54) is 29.7 Å². The van der Waals surface area contributed by atoms with Crippen LogP contribution in [0, 0.1) is 17.8 Å². The molecule has 0 amide bonds. The molecular formula is C15H24OS. The monoisotopic (exact) mass is 252 g/mol. The Kier molecular flexibility index (Phi) is 4.26. The number of aryl methyl sites for hydroxylation is 1. The SMILES string of the molecule is CCc1ccsc1C(O)C1CCC(C)C(C)C1. The van der Waals surface area contributed by atoms with Gasteiger partial charge < -0.3 is 5.11 Å². The molecule has 1 nitrogen and oxygen atoms in total. The van der Waals surface area contributed by atoms with E-state index in [4.69, 9.17) is 0 Å². The first-order valence-electron chi connectivity index (χ1n) is 6.87. The number of aliphatic hydroxyl groups excluding tert-OH is 1. The van der Waals surface area contributed by atoms with Gasteiger partial charge in [-0.2, -0.15) is 0 Å². The van der Waals surface area contributed by atoms with Crippen LogP contribution in [0.1, 0.15) is 56.6 Å². The Bertz CT molecular complexity index is 358.